The van der Waals surface area contributed by atoms with E-state index < -0.39 is 0 Å². The number of hydrogen-bond acceptors (Lipinski definition) is 3. The van der Waals surface area contributed by atoms with Gasteiger partial charge >= 0.3 is 0 Å². The first-order valence-electron chi connectivity index (χ1n) is 4.16. The average Bonchev–Trinajstić information content (AvgIpc) is 1.96. The van der Waals surface area contributed by atoms with Crippen LogP contribution in [0.1, 0.15) is 13.8 Å². The molecule has 0 aliphatic heterocycles. The van der Waals surface area contributed by atoms with Crippen LogP contribution in [-0.4, -0.2) is 38.0 Å². The molecule has 0 bridgehead atoms. The Balaban J connectivity index is 2.80. The van der Waals surface area contributed by atoms with E-state index in [0.717, 1.165) is 13.1 Å². The maximum atomic E-state index is 8.37. The standard InChI is InChI=1S/C8H19NO2/c1-8(2)7-9-3-5-11-6-4-10/h8-10H,3-7H2,1-2H3. The molecule has 3 heteroatoms. The Labute approximate surface area is 68.8 Å². The number of aliphatic hydroxyl groups is 1. The fraction of sp³-hybridized carbons (Fsp3) is 1.00. The first-order chi connectivity index (χ1) is 5.27. The number of ether oxygens (including phenoxy) is 1. The van der Waals surface area contributed by atoms with E-state index in [9.17, 15) is 0 Å². The topological polar surface area (TPSA) is 41.5 Å². The molecule has 2 N–H and O–H groups in total. The van der Waals surface area contributed by atoms with Gasteiger partial charge in [0.15, 0.2) is 0 Å². The van der Waals surface area contributed by atoms with Crippen molar-refractivity contribution >= 4 is 0 Å². The van der Waals surface area contributed by atoms with E-state index in [1.54, 1.807) is 0 Å². The summed E-state index contributed by atoms with van der Waals surface area (Å²) in [5, 5.41) is 11.6. The largest absolute Gasteiger partial charge is 0.394 e. The molecule has 0 aromatic rings. The molecule has 0 saturated heterocycles. The van der Waals surface area contributed by atoms with Crippen LogP contribution in [0.2, 0.25) is 0 Å². The van der Waals surface area contributed by atoms with Crippen LogP contribution < -0.4 is 5.32 Å². The van der Waals surface area contributed by atoms with Gasteiger partial charge in [0, 0.05) is 6.54 Å². The molecule has 0 atom stereocenters. The maximum absolute atomic E-state index is 8.37. The molecule has 68 valence electrons. The normalized spacial score (nSPS) is 10.9. The van der Waals surface area contributed by atoms with Gasteiger partial charge in [-0.1, -0.05) is 13.8 Å². The summed E-state index contributed by atoms with van der Waals surface area (Å²) in [5.74, 6) is 0.688. The molecule has 0 heterocycles. The van der Waals surface area contributed by atoms with Crippen molar-refractivity contribution in [1.82, 2.24) is 5.32 Å². The van der Waals surface area contributed by atoms with Crippen LogP contribution in [0, 0.1) is 5.92 Å². The summed E-state index contributed by atoms with van der Waals surface area (Å²) in [4.78, 5) is 0. The molecule has 0 amide bonds. The second-order valence-corrected chi connectivity index (χ2v) is 2.93. The summed E-state index contributed by atoms with van der Waals surface area (Å²) in [5.41, 5.74) is 0. The zero-order valence-electron chi connectivity index (χ0n) is 7.47. The van der Waals surface area contributed by atoms with Crippen molar-refractivity contribution in [3.8, 4) is 0 Å². The molecule has 11 heavy (non-hydrogen) atoms. The third-order valence-corrected chi connectivity index (χ3v) is 1.21. The van der Waals surface area contributed by atoms with Crippen molar-refractivity contribution in [2.75, 3.05) is 32.9 Å². The molecule has 0 fully saturated rings. The molecule has 0 radical (unpaired) electrons. The Hall–Kier alpha value is -0.120. The minimum Gasteiger partial charge on any atom is -0.394 e. The van der Waals surface area contributed by atoms with Crippen molar-refractivity contribution in [1.29, 1.82) is 0 Å². The van der Waals surface area contributed by atoms with Gasteiger partial charge in [0.05, 0.1) is 19.8 Å². The fourth-order valence-corrected chi connectivity index (χ4v) is 0.702. The number of nitrogens with one attached hydrogen (secondary N) is 1. The molecule has 0 rings (SSSR count). The Morgan fingerprint density at radius 1 is 1.36 bits per heavy atom. The highest BCUT2D eigenvalue weighted by Crippen LogP contribution is 1.85. The lowest BCUT2D eigenvalue weighted by molar-refractivity contribution is 0.0936. The molecular weight excluding hydrogens is 142 g/mol. The predicted octanol–water partition coefficient (Wildman–Crippen LogP) is 0.241. The van der Waals surface area contributed by atoms with E-state index in [1.165, 1.54) is 0 Å². The lowest BCUT2D eigenvalue weighted by atomic mass is 10.2. The van der Waals surface area contributed by atoms with Gasteiger partial charge < -0.3 is 15.2 Å². The first kappa shape index (κ1) is 10.9. The summed E-state index contributed by atoms with van der Waals surface area (Å²) in [6.45, 7) is 7.49. The Morgan fingerprint density at radius 3 is 2.64 bits per heavy atom. The number of hydrogen-bond donors (Lipinski definition) is 2. The second kappa shape index (κ2) is 7.98. The van der Waals surface area contributed by atoms with Crippen LogP contribution in [0.4, 0.5) is 0 Å². The van der Waals surface area contributed by atoms with Gasteiger partial charge in [0.25, 0.3) is 0 Å². The van der Waals surface area contributed by atoms with Gasteiger partial charge in [-0.3, -0.25) is 0 Å². The highest BCUT2D eigenvalue weighted by atomic mass is 16.5. The molecule has 0 aromatic heterocycles. The molecule has 0 aromatic carbocycles. The van der Waals surface area contributed by atoms with Crippen LogP contribution in [-0.2, 0) is 4.74 Å². The van der Waals surface area contributed by atoms with Crippen molar-refractivity contribution in [3.05, 3.63) is 0 Å². The molecule has 0 aliphatic rings. The summed E-state index contributed by atoms with van der Waals surface area (Å²) >= 11 is 0. The van der Waals surface area contributed by atoms with Gasteiger partial charge in [0.2, 0.25) is 0 Å². The molecule has 3 nitrogen and oxygen atoms in total. The number of rotatable bonds is 7. The van der Waals surface area contributed by atoms with Crippen LogP contribution in [0.3, 0.4) is 0 Å². The van der Waals surface area contributed by atoms with E-state index in [2.05, 4.69) is 19.2 Å². The lowest BCUT2D eigenvalue weighted by Gasteiger charge is -2.06. The molecular formula is C8H19NO2. The van der Waals surface area contributed by atoms with Gasteiger partial charge in [-0.05, 0) is 12.5 Å². The minimum absolute atomic E-state index is 0.115. The quantitative estimate of drug-likeness (QED) is 0.526. The van der Waals surface area contributed by atoms with E-state index in [1.807, 2.05) is 0 Å². The monoisotopic (exact) mass is 161 g/mol. The summed E-state index contributed by atoms with van der Waals surface area (Å²) in [6.07, 6.45) is 0. The van der Waals surface area contributed by atoms with Gasteiger partial charge in [-0.2, -0.15) is 0 Å². The zero-order valence-corrected chi connectivity index (χ0v) is 7.47. The van der Waals surface area contributed by atoms with E-state index in [-0.39, 0.29) is 6.61 Å². The van der Waals surface area contributed by atoms with E-state index >= 15 is 0 Å². The van der Waals surface area contributed by atoms with Crippen LogP contribution in [0.25, 0.3) is 0 Å². The zero-order chi connectivity index (χ0) is 8.53. The number of aliphatic hydroxyl groups excluding tert-OH is 1. The molecule has 0 spiro atoms. The van der Waals surface area contributed by atoms with Crippen molar-refractivity contribution < 1.29 is 9.84 Å². The highest BCUT2D eigenvalue weighted by Gasteiger charge is 1.91. The highest BCUT2D eigenvalue weighted by molar-refractivity contribution is 4.49. The Morgan fingerprint density at radius 2 is 2.09 bits per heavy atom. The van der Waals surface area contributed by atoms with Gasteiger partial charge in [-0.25, -0.2) is 0 Å². The molecule has 0 unspecified atom stereocenters. The van der Waals surface area contributed by atoms with Gasteiger partial charge in [0.1, 0.15) is 0 Å². The smallest absolute Gasteiger partial charge is 0.0698 e. The van der Waals surface area contributed by atoms with Crippen molar-refractivity contribution in [2.45, 2.75) is 13.8 Å². The fourth-order valence-electron chi connectivity index (χ4n) is 0.702. The predicted molar refractivity (Wildman–Crippen MR) is 45.6 cm³/mol. The third kappa shape index (κ3) is 9.88. The van der Waals surface area contributed by atoms with Crippen LogP contribution in [0.15, 0.2) is 0 Å². The van der Waals surface area contributed by atoms with Crippen LogP contribution in [0.5, 0.6) is 0 Å². The Kier molecular flexibility index (Phi) is 7.89. The maximum Gasteiger partial charge on any atom is 0.0698 e. The minimum atomic E-state index is 0.115. The van der Waals surface area contributed by atoms with Crippen molar-refractivity contribution in [2.24, 2.45) is 5.92 Å². The SMILES string of the molecule is CC(C)CNCCOCCO. The Bertz CT molecular complexity index is 76.5. The van der Waals surface area contributed by atoms with Crippen molar-refractivity contribution in [3.63, 3.8) is 0 Å². The van der Waals surface area contributed by atoms with Crippen LogP contribution >= 0.6 is 0 Å². The van der Waals surface area contributed by atoms with E-state index in [0.29, 0.717) is 19.1 Å². The molecule has 0 aliphatic carbocycles. The average molecular weight is 161 g/mol. The lowest BCUT2D eigenvalue weighted by Crippen LogP contribution is -2.24. The first-order valence-corrected chi connectivity index (χ1v) is 4.16. The summed E-state index contributed by atoms with van der Waals surface area (Å²) in [6, 6.07) is 0. The molecule has 0 saturated carbocycles. The van der Waals surface area contributed by atoms with E-state index in [4.69, 9.17) is 9.84 Å². The second-order valence-electron chi connectivity index (χ2n) is 2.93. The third-order valence-electron chi connectivity index (χ3n) is 1.21. The van der Waals surface area contributed by atoms with Gasteiger partial charge in [-0.15, -0.1) is 0 Å². The summed E-state index contributed by atoms with van der Waals surface area (Å²) < 4.78 is 5.05. The summed E-state index contributed by atoms with van der Waals surface area (Å²) in [7, 11) is 0.